The molecule has 0 fully saturated rings. The second kappa shape index (κ2) is 18.1. The summed E-state index contributed by atoms with van der Waals surface area (Å²) in [6.07, 6.45) is 7.88. The van der Waals surface area contributed by atoms with Crippen molar-refractivity contribution in [2.24, 2.45) is 0 Å². The monoisotopic (exact) mass is 655 g/mol. The van der Waals surface area contributed by atoms with Gasteiger partial charge in [-0.15, -0.1) is 11.6 Å². The number of nitrogens with one attached hydrogen (secondary N) is 1. The molecule has 0 aromatic heterocycles. The summed E-state index contributed by atoms with van der Waals surface area (Å²) in [6.45, 7) is 12.6. The fourth-order valence-electron chi connectivity index (χ4n) is 6.87. The quantitative estimate of drug-likeness (QED) is 0.104. The molecule has 2 aromatic rings. The number of nitrogens with zero attached hydrogens (tertiary/aromatic N) is 2. The summed E-state index contributed by atoms with van der Waals surface area (Å²) >= 11 is 5.71. The molecule has 0 radical (unpaired) electrons. The molecule has 1 amide bonds. The van der Waals surface area contributed by atoms with E-state index in [4.69, 9.17) is 21.1 Å². The van der Waals surface area contributed by atoms with E-state index in [0.717, 1.165) is 38.2 Å². The Labute approximate surface area is 279 Å². The van der Waals surface area contributed by atoms with E-state index in [1.165, 1.54) is 38.4 Å². The molecule has 0 saturated heterocycles. The van der Waals surface area contributed by atoms with Gasteiger partial charge in [0, 0.05) is 65.0 Å². The SMILES string of the molecule is CC(C)[Si]1(C(C)C)c2cc(N(C)C)ccc2C(=CCCC(=O)NCCOCCOCCCCCCCl)c2ccc(N(C)C)cc21. The largest absolute Gasteiger partial charge is 0.379 e. The van der Waals surface area contributed by atoms with Crippen LogP contribution in [0.25, 0.3) is 5.57 Å². The number of carbonyl (C=O) groups excluding carboxylic acids is 1. The summed E-state index contributed by atoms with van der Waals surface area (Å²) in [4.78, 5) is 17.2. The van der Waals surface area contributed by atoms with Crippen LogP contribution < -0.4 is 25.5 Å². The molecule has 0 spiro atoms. The van der Waals surface area contributed by atoms with E-state index in [0.29, 0.717) is 50.3 Å². The van der Waals surface area contributed by atoms with Gasteiger partial charge in [-0.2, -0.15) is 0 Å². The number of hydrogen-bond acceptors (Lipinski definition) is 5. The van der Waals surface area contributed by atoms with Gasteiger partial charge in [0.25, 0.3) is 0 Å². The molecule has 1 aliphatic heterocycles. The van der Waals surface area contributed by atoms with Gasteiger partial charge in [-0.1, -0.05) is 58.7 Å². The molecular formula is C37H58ClN3O3Si. The van der Waals surface area contributed by atoms with Crippen molar-refractivity contribution in [2.45, 2.75) is 77.3 Å². The lowest BCUT2D eigenvalue weighted by Crippen LogP contribution is -2.66. The van der Waals surface area contributed by atoms with Crippen LogP contribution in [0.2, 0.25) is 11.1 Å². The third-order valence-electron chi connectivity index (χ3n) is 9.16. The molecule has 2 aromatic carbocycles. The van der Waals surface area contributed by atoms with Gasteiger partial charge < -0.3 is 24.6 Å². The van der Waals surface area contributed by atoms with Gasteiger partial charge in [-0.25, -0.2) is 0 Å². The Hall–Kier alpha value is -2.32. The Morgan fingerprint density at radius 3 is 1.84 bits per heavy atom. The molecule has 0 atom stereocenters. The van der Waals surface area contributed by atoms with Crippen molar-refractivity contribution < 1.29 is 14.3 Å². The molecule has 3 rings (SSSR count). The predicted molar refractivity (Wildman–Crippen MR) is 197 cm³/mol. The van der Waals surface area contributed by atoms with Crippen molar-refractivity contribution in [3.05, 3.63) is 53.6 Å². The average Bonchev–Trinajstić information content (AvgIpc) is 3.00. The van der Waals surface area contributed by atoms with Gasteiger partial charge in [0.2, 0.25) is 5.91 Å². The standard InChI is InChI=1S/C37H58ClN3O3Si/c1-28(2)45(29(3)4)35-26-30(40(5)6)16-18-33(35)32(34-19-17-31(41(7)8)27-36(34)45)14-13-15-37(42)39-21-23-44-25-24-43-22-12-10-9-11-20-38/h14,16-19,26-29H,9-13,15,20-25H2,1-8H3,(H,39,42). The maximum atomic E-state index is 12.7. The van der Waals surface area contributed by atoms with Gasteiger partial charge in [0.05, 0.1) is 19.8 Å². The Morgan fingerprint density at radius 2 is 1.33 bits per heavy atom. The Morgan fingerprint density at radius 1 is 0.800 bits per heavy atom. The third-order valence-corrected chi connectivity index (χ3v) is 15.7. The number of carbonyl (C=O) groups is 1. The van der Waals surface area contributed by atoms with E-state index < -0.39 is 8.07 Å². The van der Waals surface area contributed by atoms with Crippen molar-refractivity contribution in [1.29, 1.82) is 0 Å². The number of ether oxygens (including phenoxy) is 2. The van der Waals surface area contributed by atoms with Crippen LogP contribution in [0, 0.1) is 0 Å². The summed E-state index contributed by atoms with van der Waals surface area (Å²) in [5.74, 6) is 0.791. The van der Waals surface area contributed by atoms with Crippen LogP contribution in [0.4, 0.5) is 11.4 Å². The molecule has 0 bridgehead atoms. The summed E-state index contributed by atoms with van der Waals surface area (Å²) in [7, 11) is 6.31. The van der Waals surface area contributed by atoms with Crippen LogP contribution in [-0.4, -0.2) is 81.0 Å². The summed E-state index contributed by atoms with van der Waals surface area (Å²) < 4.78 is 11.3. The molecule has 0 saturated carbocycles. The van der Waals surface area contributed by atoms with Crippen LogP contribution in [0.3, 0.4) is 0 Å². The fourth-order valence-corrected chi connectivity index (χ4v) is 13.3. The highest BCUT2D eigenvalue weighted by Gasteiger charge is 2.49. The molecule has 1 N–H and O–H groups in total. The first-order chi connectivity index (χ1) is 21.5. The lowest BCUT2D eigenvalue weighted by Gasteiger charge is -2.47. The summed E-state index contributed by atoms with van der Waals surface area (Å²) in [5, 5.41) is 6.06. The molecule has 45 heavy (non-hydrogen) atoms. The lowest BCUT2D eigenvalue weighted by molar-refractivity contribution is -0.121. The van der Waals surface area contributed by atoms with Crippen molar-refractivity contribution in [1.82, 2.24) is 5.32 Å². The molecule has 6 nitrogen and oxygen atoms in total. The van der Waals surface area contributed by atoms with Crippen LogP contribution in [0.5, 0.6) is 0 Å². The van der Waals surface area contributed by atoms with E-state index in [9.17, 15) is 4.79 Å². The van der Waals surface area contributed by atoms with Crippen LogP contribution >= 0.6 is 11.6 Å². The van der Waals surface area contributed by atoms with Crippen LogP contribution in [-0.2, 0) is 14.3 Å². The van der Waals surface area contributed by atoms with Crippen molar-refractivity contribution in [3.63, 3.8) is 0 Å². The zero-order valence-corrected chi connectivity index (χ0v) is 30.9. The van der Waals surface area contributed by atoms with Gasteiger partial charge in [-0.05, 0) is 81.7 Å². The first-order valence-corrected chi connectivity index (χ1v) is 19.6. The number of benzene rings is 2. The van der Waals surface area contributed by atoms with Gasteiger partial charge in [0.1, 0.15) is 8.07 Å². The second-order valence-corrected chi connectivity index (χ2v) is 18.8. The minimum absolute atomic E-state index is 0.0545. The maximum absolute atomic E-state index is 12.7. The highest BCUT2D eigenvalue weighted by molar-refractivity contribution is 7.05. The molecule has 0 unspecified atom stereocenters. The van der Waals surface area contributed by atoms with Crippen LogP contribution in [0.15, 0.2) is 42.5 Å². The Bertz CT molecular complexity index is 1190. The molecular weight excluding hydrogens is 598 g/mol. The lowest BCUT2D eigenvalue weighted by atomic mass is 9.94. The Kier molecular flexibility index (Phi) is 15.0. The molecule has 1 aliphatic rings. The minimum Gasteiger partial charge on any atom is -0.379 e. The van der Waals surface area contributed by atoms with E-state index >= 15 is 0 Å². The smallest absolute Gasteiger partial charge is 0.220 e. The van der Waals surface area contributed by atoms with E-state index in [2.05, 4.69) is 113 Å². The second-order valence-electron chi connectivity index (χ2n) is 13.3. The first kappa shape index (κ1) is 37.1. The summed E-state index contributed by atoms with van der Waals surface area (Å²) in [5.41, 5.74) is 7.47. The molecule has 1 heterocycles. The highest BCUT2D eigenvalue weighted by Crippen LogP contribution is 2.42. The highest BCUT2D eigenvalue weighted by atomic mass is 35.5. The number of alkyl halides is 1. The number of unbranched alkanes of at least 4 members (excludes halogenated alkanes) is 3. The average molecular weight is 656 g/mol. The van der Waals surface area contributed by atoms with Gasteiger partial charge in [-0.3, -0.25) is 4.79 Å². The number of anilines is 2. The fraction of sp³-hybridized carbons (Fsp3) is 0.595. The number of fused-ring (bicyclic) bond motifs is 2. The minimum atomic E-state index is -2.18. The van der Waals surface area contributed by atoms with Gasteiger partial charge >= 0.3 is 0 Å². The normalized spacial score (nSPS) is 13.5. The molecule has 0 aliphatic carbocycles. The topological polar surface area (TPSA) is 54.0 Å². The number of rotatable bonds is 19. The van der Waals surface area contributed by atoms with E-state index in [1.807, 2.05) is 0 Å². The maximum Gasteiger partial charge on any atom is 0.220 e. The number of hydrogen-bond donors (Lipinski definition) is 1. The molecule has 8 heteroatoms. The predicted octanol–water partition coefficient (Wildman–Crippen LogP) is 6.68. The van der Waals surface area contributed by atoms with E-state index in [-0.39, 0.29) is 5.91 Å². The third kappa shape index (κ3) is 9.37. The van der Waals surface area contributed by atoms with Gasteiger partial charge in [0.15, 0.2) is 0 Å². The number of amides is 1. The summed E-state index contributed by atoms with van der Waals surface area (Å²) in [6, 6.07) is 14.1. The molecule has 250 valence electrons. The van der Waals surface area contributed by atoms with Crippen molar-refractivity contribution in [2.75, 3.05) is 76.8 Å². The first-order valence-electron chi connectivity index (χ1n) is 16.9. The number of halogens is 1. The van der Waals surface area contributed by atoms with E-state index in [1.54, 1.807) is 0 Å². The number of allylic oxidation sites excluding steroid dienone is 1. The van der Waals surface area contributed by atoms with Crippen molar-refractivity contribution in [3.8, 4) is 0 Å². The Balaban J connectivity index is 1.70. The zero-order chi connectivity index (χ0) is 33.0. The zero-order valence-electron chi connectivity index (χ0n) is 29.2. The van der Waals surface area contributed by atoms with Crippen molar-refractivity contribution >= 4 is 52.9 Å². The van der Waals surface area contributed by atoms with Crippen LogP contribution in [0.1, 0.15) is 77.3 Å².